The van der Waals surface area contributed by atoms with Crippen LogP contribution in [0, 0.1) is 0 Å². The molecular weight excluding hydrogens is 509 g/mol. The van der Waals surface area contributed by atoms with Gasteiger partial charge >= 0.3 is 5.92 Å². The van der Waals surface area contributed by atoms with Crippen molar-refractivity contribution >= 4 is 82.6 Å². The molecule has 0 saturated carbocycles. The third-order valence-corrected chi connectivity index (χ3v) is 6.96. The number of nitrogens with zero attached hydrogens (tertiary/aromatic N) is 3. The zero-order chi connectivity index (χ0) is 28.3. The maximum absolute atomic E-state index is 14.8. The molecule has 178 valence electrons. The first-order chi connectivity index (χ1) is 17.6. The van der Waals surface area contributed by atoms with E-state index in [0.29, 0.717) is 0 Å². The Morgan fingerprint density at radius 3 is 2.34 bits per heavy atom. The van der Waals surface area contributed by atoms with Crippen LogP contribution in [0.25, 0.3) is 0 Å². The number of rotatable bonds is 5. The number of carbonyl (C=O) groups excluding carboxylic acids is 4. The number of imide groups is 1. The highest BCUT2D eigenvalue weighted by atomic mass is 35.5. The van der Waals surface area contributed by atoms with Crippen molar-refractivity contribution in [3.8, 4) is 0 Å². The SMILES string of the molecule is [B]C1C(=O)N([B])C(=O)[C@@]([B])(N2Cc3cc(C([B])N([B])C(=O)C(F)(F)c4ccc(Cl)cc4)ccc3C2=O)C1[B]. The molecule has 1 fully saturated rings. The van der Waals surface area contributed by atoms with E-state index in [9.17, 15) is 28.0 Å². The lowest BCUT2D eigenvalue weighted by Crippen LogP contribution is -2.68. The topological polar surface area (TPSA) is 78.0 Å². The average Bonchev–Trinajstić information content (AvgIpc) is 3.24. The van der Waals surface area contributed by atoms with E-state index in [4.69, 9.17) is 58.9 Å². The summed E-state index contributed by atoms with van der Waals surface area (Å²) in [6, 6.07) is 8.31. The molecule has 4 amide bonds. The molecule has 4 atom stereocenters. The van der Waals surface area contributed by atoms with E-state index in [1.165, 1.54) is 30.3 Å². The lowest BCUT2D eigenvalue weighted by atomic mass is 9.48. The number of hydrogen-bond acceptors (Lipinski definition) is 4. The molecule has 1 saturated heterocycles. The van der Waals surface area contributed by atoms with Gasteiger partial charge in [0.25, 0.3) is 11.8 Å². The third-order valence-electron chi connectivity index (χ3n) is 6.71. The lowest BCUT2D eigenvalue weighted by Gasteiger charge is -2.51. The molecule has 2 aromatic rings. The average molecular weight is 521 g/mol. The van der Waals surface area contributed by atoms with E-state index in [2.05, 4.69) is 0 Å². The molecule has 2 heterocycles. The van der Waals surface area contributed by atoms with Gasteiger partial charge in [0.1, 0.15) is 15.7 Å². The Morgan fingerprint density at radius 1 is 1.13 bits per heavy atom. The zero-order valence-corrected chi connectivity index (χ0v) is 20.3. The van der Waals surface area contributed by atoms with Gasteiger partial charge in [0, 0.05) is 28.6 Å². The monoisotopic (exact) mass is 521 g/mol. The van der Waals surface area contributed by atoms with Crippen molar-refractivity contribution in [3.63, 3.8) is 0 Å². The Morgan fingerprint density at radius 2 is 1.74 bits per heavy atom. The van der Waals surface area contributed by atoms with Crippen molar-refractivity contribution in [2.24, 2.45) is 0 Å². The summed E-state index contributed by atoms with van der Waals surface area (Å²) < 4.78 is 29.6. The Labute approximate surface area is 230 Å². The second kappa shape index (κ2) is 9.67. The Bertz CT molecular complexity index is 1350. The summed E-state index contributed by atoms with van der Waals surface area (Å²) >= 11 is 5.72. The lowest BCUT2D eigenvalue weighted by molar-refractivity contribution is -0.154. The molecule has 2 aliphatic rings. The zero-order valence-electron chi connectivity index (χ0n) is 19.6. The molecule has 38 heavy (non-hydrogen) atoms. The van der Waals surface area contributed by atoms with Gasteiger partial charge in [-0.1, -0.05) is 41.7 Å². The number of alkyl halides is 2. The molecular formula is C22H12B6ClF2N3O4. The van der Waals surface area contributed by atoms with E-state index >= 15 is 0 Å². The van der Waals surface area contributed by atoms with Gasteiger partial charge in [-0.25, -0.2) is 0 Å². The summed E-state index contributed by atoms with van der Waals surface area (Å²) in [5.74, 6) is -13.2. The Balaban J connectivity index is 1.60. The van der Waals surface area contributed by atoms with Crippen molar-refractivity contribution in [2.75, 3.05) is 0 Å². The predicted octanol–water partition coefficient (Wildman–Crippen LogP) is 0.398. The molecule has 2 aliphatic heterocycles. The van der Waals surface area contributed by atoms with Crippen LogP contribution in [-0.4, -0.2) is 90.9 Å². The van der Waals surface area contributed by atoms with Crippen molar-refractivity contribution in [2.45, 2.75) is 35.5 Å². The minimum atomic E-state index is -4.02. The fourth-order valence-electron chi connectivity index (χ4n) is 4.37. The van der Waals surface area contributed by atoms with Crippen LogP contribution >= 0.6 is 11.6 Å². The molecule has 0 spiro atoms. The van der Waals surface area contributed by atoms with Crippen molar-refractivity contribution in [1.82, 2.24) is 14.5 Å². The number of piperidine rings is 1. The molecule has 0 N–H and O–H groups in total. The maximum Gasteiger partial charge on any atom is 0.348 e. The van der Waals surface area contributed by atoms with Gasteiger partial charge in [0.15, 0.2) is 0 Å². The van der Waals surface area contributed by atoms with Crippen molar-refractivity contribution in [1.29, 1.82) is 0 Å². The predicted molar refractivity (Wildman–Crippen MR) is 138 cm³/mol. The first-order valence-corrected chi connectivity index (χ1v) is 11.4. The van der Waals surface area contributed by atoms with Crippen molar-refractivity contribution in [3.05, 3.63) is 69.7 Å². The van der Waals surface area contributed by atoms with Gasteiger partial charge in [-0.05, 0) is 35.1 Å². The summed E-state index contributed by atoms with van der Waals surface area (Å²) in [7, 11) is 35.3. The standard InChI is InChI=1S/C22H12B6ClF2N3O4/c23-14-15(24)21(26,19(37)34(28)18(14)36)32-8-10-7-9(1-6-13(10)17(32)35)16(25)33(27)20(38)22(30,31)11-2-4-12(29)5-3-11/h1-7,14-16H,8H2/t14?,15?,16?,21-/m0/s1. The van der Waals surface area contributed by atoms with Crippen LogP contribution in [0.2, 0.25) is 16.7 Å². The molecule has 3 unspecified atom stereocenters. The van der Waals surface area contributed by atoms with E-state index in [1.54, 1.807) is 0 Å². The quantitative estimate of drug-likeness (QED) is 0.423. The van der Waals surface area contributed by atoms with Crippen LogP contribution in [-0.2, 0) is 26.9 Å². The fourth-order valence-corrected chi connectivity index (χ4v) is 4.50. The molecule has 2 aromatic carbocycles. The summed E-state index contributed by atoms with van der Waals surface area (Å²) in [4.78, 5) is 51.9. The Hall–Kier alpha value is -2.94. The van der Waals surface area contributed by atoms with Crippen LogP contribution in [0.3, 0.4) is 0 Å². The molecule has 12 radical (unpaired) electrons. The number of fused-ring (bicyclic) bond motifs is 1. The van der Waals surface area contributed by atoms with Crippen LogP contribution in [0.1, 0.15) is 33.0 Å². The van der Waals surface area contributed by atoms with Gasteiger partial charge < -0.3 is 14.5 Å². The summed E-state index contributed by atoms with van der Waals surface area (Å²) in [6.07, 6.45) is 0. The van der Waals surface area contributed by atoms with Crippen LogP contribution < -0.4 is 0 Å². The Kier molecular flexibility index (Phi) is 7.14. The maximum atomic E-state index is 14.8. The minimum Gasteiger partial charge on any atom is -0.393 e. The number of benzene rings is 2. The minimum absolute atomic E-state index is 0.0845. The van der Waals surface area contributed by atoms with Gasteiger partial charge in [0.2, 0.25) is 27.8 Å². The molecule has 0 aliphatic carbocycles. The first-order valence-electron chi connectivity index (χ1n) is 11.0. The van der Waals surface area contributed by atoms with E-state index in [1.807, 2.05) is 0 Å². The number of amides is 4. The van der Waals surface area contributed by atoms with E-state index < -0.39 is 58.1 Å². The summed E-state index contributed by atoms with van der Waals surface area (Å²) in [6.45, 7) is -0.293. The smallest absolute Gasteiger partial charge is 0.348 e. The van der Waals surface area contributed by atoms with Gasteiger partial charge in [-0.2, -0.15) is 8.78 Å². The normalized spacial score (nSPS) is 24.3. The van der Waals surface area contributed by atoms with E-state index in [-0.39, 0.29) is 37.9 Å². The highest BCUT2D eigenvalue weighted by Gasteiger charge is 2.55. The van der Waals surface area contributed by atoms with E-state index in [0.717, 1.165) is 17.0 Å². The first kappa shape index (κ1) is 28.1. The highest BCUT2D eigenvalue weighted by Crippen LogP contribution is 2.43. The molecule has 4 rings (SSSR count). The van der Waals surface area contributed by atoms with Crippen LogP contribution in [0.4, 0.5) is 8.78 Å². The van der Waals surface area contributed by atoms with Crippen LogP contribution in [0.5, 0.6) is 0 Å². The fraction of sp³-hybridized carbons (Fsp3) is 0.273. The number of carbonyl (C=O) groups is 4. The van der Waals surface area contributed by atoms with Gasteiger partial charge in [-0.3, -0.25) is 19.2 Å². The summed E-state index contributed by atoms with van der Waals surface area (Å²) in [5.41, 5.74) is -2.46. The van der Waals surface area contributed by atoms with Crippen molar-refractivity contribution < 1.29 is 28.0 Å². The molecule has 0 aromatic heterocycles. The van der Waals surface area contributed by atoms with Gasteiger partial charge in [0.05, 0.1) is 21.1 Å². The largest absolute Gasteiger partial charge is 0.393 e. The molecule has 7 nitrogen and oxygen atoms in total. The van der Waals surface area contributed by atoms with Crippen LogP contribution in [0.15, 0.2) is 42.5 Å². The molecule has 16 heteroatoms. The molecule has 0 bridgehead atoms. The third kappa shape index (κ3) is 4.19. The number of halogens is 3. The highest BCUT2D eigenvalue weighted by molar-refractivity contribution is 6.47. The number of hydrogen-bond donors (Lipinski definition) is 0. The second-order valence-electron chi connectivity index (χ2n) is 8.94. The summed E-state index contributed by atoms with van der Waals surface area (Å²) in [5, 5.41) is 0.197. The second-order valence-corrected chi connectivity index (χ2v) is 9.37. The van der Waals surface area contributed by atoms with Gasteiger partial charge in [-0.15, -0.1) is 0 Å².